The van der Waals surface area contributed by atoms with Crippen molar-refractivity contribution < 1.29 is 24.9 Å². The van der Waals surface area contributed by atoms with E-state index in [0.29, 0.717) is 0 Å². The molecular weight excluding hydrogens is 176 g/mol. The highest BCUT2D eigenvalue weighted by Crippen LogP contribution is 2.20. The fourth-order valence-electron chi connectivity index (χ4n) is 1.23. The molecule has 0 fully saturated rings. The number of esters is 1. The Morgan fingerprint density at radius 1 is 1.54 bits per heavy atom. The van der Waals surface area contributed by atoms with Gasteiger partial charge in [-0.2, -0.15) is 0 Å². The maximum Gasteiger partial charge on any atom is 0.333 e. The fraction of sp³-hybridized carbons (Fsp3) is 0.625. The summed E-state index contributed by atoms with van der Waals surface area (Å²) in [6.45, 7) is 0. The van der Waals surface area contributed by atoms with Gasteiger partial charge in [0.25, 0.3) is 0 Å². The van der Waals surface area contributed by atoms with Gasteiger partial charge < -0.3 is 20.1 Å². The van der Waals surface area contributed by atoms with Gasteiger partial charge in [0, 0.05) is 12.0 Å². The molecule has 0 aromatic carbocycles. The second kappa shape index (κ2) is 3.87. The van der Waals surface area contributed by atoms with E-state index in [1.54, 1.807) is 0 Å². The third-order valence-corrected chi connectivity index (χ3v) is 1.99. The van der Waals surface area contributed by atoms with Gasteiger partial charge in [-0.25, -0.2) is 4.79 Å². The maximum absolute atomic E-state index is 11.0. The van der Waals surface area contributed by atoms with Crippen molar-refractivity contribution in [1.29, 1.82) is 0 Å². The first-order valence-corrected chi connectivity index (χ1v) is 3.89. The molecule has 0 spiro atoms. The van der Waals surface area contributed by atoms with Crippen LogP contribution in [0.15, 0.2) is 11.6 Å². The molecule has 0 saturated heterocycles. The molecule has 1 aliphatic carbocycles. The number of ether oxygens (including phenoxy) is 1. The molecule has 5 nitrogen and oxygen atoms in total. The summed E-state index contributed by atoms with van der Waals surface area (Å²) in [5.74, 6) is -0.593. The largest absolute Gasteiger partial charge is 0.466 e. The van der Waals surface area contributed by atoms with Crippen LogP contribution in [0.2, 0.25) is 0 Å². The van der Waals surface area contributed by atoms with Crippen molar-refractivity contribution in [3.8, 4) is 0 Å². The van der Waals surface area contributed by atoms with Crippen LogP contribution in [-0.2, 0) is 9.53 Å². The van der Waals surface area contributed by atoms with E-state index in [1.165, 1.54) is 13.2 Å². The average Bonchev–Trinajstić information content (AvgIpc) is 2.12. The summed E-state index contributed by atoms with van der Waals surface area (Å²) in [4.78, 5) is 11.0. The van der Waals surface area contributed by atoms with E-state index in [4.69, 9.17) is 10.2 Å². The molecule has 0 unspecified atom stereocenters. The topological polar surface area (TPSA) is 87.0 Å². The summed E-state index contributed by atoms with van der Waals surface area (Å²) in [6.07, 6.45) is -2.35. The highest BCUT2D eigenvalue weighted by Gasteiger charge is 2.31. The second-order valence-corrected chi connectivity index (χ2v) is 2.94. The molecule has 5 heteroatoms. The Hall–Kier alpha value is -0.910. The summed E-state index contributed by atoms with van der Waals surface area (Å²) in [5.41, 5.74) is 0.188. The lowest BCUT2D eigenvalue weighted by Crippen LogP contribution is -2.40. The van der Waals surface area contributed by atoms with Gasteiger partial charge in [-0.05, 0) is 6.08 Å². The van der Waals surface area contributed by atoms with E-state index in [-0.39, 0.29) is 12.0 Å². The van der Waals surface area contributed by atoms with Crippen LogP contribution in [0, 0.1) is 0 Å². The Morgan fingerprint density at radius 2 is 2.15 bits per heavy atom. The minimum Gasteiger partial charge on any atom is -0.466 e. The van der Waals surface area contributed by atoms with Gasteiger partial charge in [0.15, 0.2) is 0 Å². The number of methoxy groups -OCH3 is 1. The van der Waals surface area contributed by atoms with Gasteiger partial charge in [-0.3, -0.25) is 0 Å². The zero-order chi connectivity index (χ0) is 10.0. The molecule has 1 aliphatic rings. The number of aliphatic hydroxyl groups excluding tert-OH is 3. The molecular formula is C8H12O5. The van der Waals surface area contributed by atoms with Crippen LogP contribution in [0.3, 0.4) is 0 Å². The molecule has 0 saturated carbocycles. The second-order valence-electron chi connectivity index (χ2n) is 2.94. The summed E-state index contributed by atoms with van der Waals surface area (Å²) in [5, 5.41) is 27.5. The third-order valence-electron chi connectivity index (χ3n) is 1.99. The summed E-state index contributed by atoms with van der Waals surface area (Å²) >= 11 is 0. The quantitative estimate of drug-likeness (QED) is 0.439. The lowest BCUT2D eigenvalue weighted by Gasteiger charge is -2.26. The van der Waals surface area contributed by atoms with Gasteiger partial charge in [0.05, 0.1) is 13.2 Å². The van der Waals surface area contributed by atoms with Crippen molar-refractivity contribution in [2.24, 2.45) is 0 Å². The van der Waals surface area contributed by atoms with Crippen molar-refractivity contribution >= 4 is 5.97 Å². The van der Waals surface area contributed by atoms with Crippen molar-refractivity contribution in [2.45, 2.75) is 24.7 Å². The maximum atomic E-state index is 11.0. The van der Waals surface area contributed by atoms with Crippen molar-refractivity contribution in [1.82, 2.24) is 0 Å². The van der Waals surface area contributed by atoms with Crippen molar-refractivity contribution in [2.75, 3.05) is 7.11 Å². The van der Waals surface area contributed by atoms with E-state index in [1.807, 2.05) is 0 Å². The predicted octanol–water partition coefficient (Wildman–Crippen LogP) is -1.43. The van der Waals surface area contributed by atoms with Crippen LogP contribution >= 0.6 is 0 Å². The minimum atomic E-state index is -1.23. The van der Waals surface area contributed by atoms with Crippen LogP contribution in [0.25, 0.3) is 0 Å². The number of carbonyl (C=O) groups is 1. The van der Waals surface area contributed by atoms with Crippen LogP contribution < -0.4 is 0 Å². The number of carbonyl (C=O) groups excluding carboxylic acids is 1. The lowest BCUT2D eigenvalue weighted by molar-refractivity contribution is -0.137. The lowest BCUT2D eigenvalue weighted by atomic mass is 9.92. The SMILES string of the molecule is COC(=O)C1=C[C@H](O)[C@H](O)[C@@H](O)C1. The van der Waals surface area contributed by atoms with E-state index >= 15 is 0 Å². The highest BCUT2D eigenvalue weighted by atomic mass is 16.5. The summed E-state index contributed by atoms with van der Waals surface area (Å²) < 4.78 is 4.41. The molecule has 0 bridgehead atoms. The van der Waals surface area contributed by atoms with Gasteiger partial charge in [-0.15, -0.1) is 0 Å². The third kappa shape index (κ3) is 2.06. The van der Waals surface area contributed by atoms with Crippen molar-refractivity contribution in [3.05, 3.63) is 11.6 Å². The average molecular weight is 188 g/mol. The zero-order valence-corrected chi connectivity index (χ0v) is 7.17. The Balaban J connectivity index is 2.78. The number of hydrogen-bond donors (Lipinski definition) is 3. The van der Waals surface area contributed by atoms with Crippen LogP contribution in [0.1, 0.15) is 6.42 Å². The molecule has 0 radical (unpaired) electrons. The van der Waals surface area contributed by atoms with Gasteiger partial charge >= 0.3 is 5.97 Å². The number of hydrogen-bond acceptors (Lipinski definition) is 5. The van der Waals surface area contributed by atoms with Gasteiger partial charge in [-0.1, -0.05) is 0 Å². The highest BCUT2D eigenvalue weighted by molar-refractivity contribution is 5.88. The number of rotatable bonds is 1. The van der Waals surface area contributed by atoms with Crippen LogP contribution in [-0.4, -0.2) is 46.7 Å². The molecule has 3 atom stereocenters. The summed E-state index contributed by atoms with van der Waals surface area (Å²) in [7, 11) is 1.22. The van der Waals surface area contributed by atoms with Crippen LogP contribution in [0.4, 0.5) is 0 Å². The molecule has 74 valence electrons. The Kier molecular flexibility index (Phi) is 3.02. The standard InChI is InChI=1S/C8H12O5/c1-13-8(12)4-2-5(9)7(11)6(10)3-4/h2,5-7,9-11H,3H2,1H3/t5-,6-,7-/m0/s1. The monoisotopic (exact) mass is 188 g/mol. The van der Waals surface area contributed by atoms with Crippen LogP contribution in [0.5, 0.6) is 0 Å². The van der Waals surface area contributed by atoms with E-state index in [9.17, 15) is 9.90 Å². The van der Waals surface area contributed by atoms with E-state index in [2.05, 4.69) is 4.74 Å². The first kappa shape index (κ1) is 10.2. The summed E-state index contributed by atoms with van der Waals surface area (Å²) in [6, 6.07) is 0. The molecule has 0 aliphatic heterocycles. The molecule has 3 N–H and O–H groups in total. The normalized spacial score (nSPS) is 33.8. The zero-order valence-electron chi connectivity index (χ0n) is 7.17. The van der Waals surface area contributed by atoms with E-state index in [0.717, 1.165) is 0 Å². The Labute approximate surface area is 75.3 Å². The Bertz CT molecular complexity index is 235. The molecule has 13 heavy (non-hydrogen) atoms. The van der Waals surface area contributed by atoms with Gasteiger partial charge in [0.2, 0.25) is 0 Å². The molecule has 0 aromatic heterocycles. The molecule has 0 heterocycles. The molecule has 0 amide bonds. The van der Waals surface area contributed by atoms with Crippen molar-refractivity contribution in [3.63, 3.8) is 0 Å². The number of aliphatic hydroxyl groups is 3. The Morgan fingerprint density at radius 3 is 2.62 bits per heavy atom. The minimum absolute atomic E-state index is 0.00486. The van der Waals surface area contributed by atoms with E-state index < -0.39 is 24.3 Å². The smallest absolute Gasteiger partial charge is 0.333 e. The predicted molar refractivity (Wildman–Crippen MR) is 42.7 cm³/mol. The first-order valence-electron chi connectivity index (χ1n) is 3.89. The first-order chi connectivity index (χ1) is 6.06. The van der Waals surface area contributed by atoms with Gasteiger partial charge in [0.1, 0.15) is 12.2 Å². The molecule has 0 aromatic rings. The molecule has 1 rings (SSSR count). The fourth-order valence-corrected chi connectivity index (χ4v) is 1.23.